The third-order valence-corrected chi connectivity index (χ3v) is 3.29. The standard InChI is InChI=1S/C13H13F3N2O3/c14-9-4-8(5-10(15)11(9)16)17-13(21)18-3-1-2-7(6-18)12(19)20/h4-5,7H,1-3,6H2,(H,17,21)(H,19,20)/t7-/m1/s1. The Labute approximate surface area is 118 Å². The molecule has 0 aromatic heterocycles. The van der Waals surface area contributed by atoms with Crippen molar-refractivity contribution in [1.82, 2.24) is 4.90 Å². The van der Waals surface area contributed by atoms with Crippen LogP contribution in [0.1, 0.15) is 12.8 Å². The van der Waals surface area contributed by atoms with Crippen molar-refractivity contribution in [2.24, 2.45) is 5.92 Å². The first kappa shape index (κ1) is 15.1. The van der Waals surface area contributed by atoms with Crippen molar-refractivity contribution >= 4 is 17.7 Å². The molecule has 0 spiro atoms. The van der Waals surface area contributed by atoms with Gasteiger partial charge in [0.2, 0.25) is 0 Å². The van der Waals surface area contributed by atoms with Crippen LogP contribution >= 0.6 is 0 Å². The number of amides is 2. The molecule has 1 atom stereocenters. The lowest BCUT2D eigenvalue weighted by Gasteiger charge is -2.30. The zero-order valence-electron chi connectivity index (χ0n) is 10.9. The third-order valence-electron chi connectivity index (χ3n) is 3.29. The van der Waals surface area contributed by atoms with E-state index in [0.717, 1.165) is 0 Å². The molecule has 0 unspecified atom stereocenters. The fourth-order valence-corrected chi connectivity index (χ4v) is 2.19. The zero-order chi connectivity index (χ0) is 15.6. The summed E-state index contributed by atoms with van der Waals surface area (Å²) in [6, 6.07) is 0.649. The molecule has 21 heavy (non-hydrogen) atoms. The number of carboxylic acids is 1. The number of urea groups is 1. The lowest BCUT2D eigenvalue weighted by molar-refractivity contribution is -0.143. The van der Waals surface area contributed by atoms with Gasteiger partial charge in [-0.3, -0.25) is 4.79 Å². The predicted molar refractivity (Wildman–Crippen MR) is 67.3 cm³/mol. The van der Waals surface area contributed by atoms with Crippen molar-refractivity contribution in [1.29, 1.82) is 0 Å². The fraction of sp³-hybridized carbons (Fsp3) is 0.385. The molecule has 1 aromatic rings. The molecular weight excluding hydrogens is 289 g/mol. The number of piperidine rings is 1. The Balaban J connectivity index is 2.06. The van der Waals surface area contributed by atoms with Crippen LogP contribution in [-0.4, -0.2) is 35.1 Å². The number of aliphatic carboxylic acids is 1. The van der Waals surface area contributed by atoms with Crippen LogP contribution in [0.15, 0.2) is 12.1 Å². The van der Waals surface area contributed by atoms with Gasteiger partial charge in [-0.1, -0.05) is 0 Å². The van der Waals surface area contributed by atoms with Gasteiger partial charge in [0.05, 0.1) is 5.92 Å². The Kier molecular flexibility index (Phi) is 4.35. The minimum absolute atomic E-state index is 0.0212. The molecule has 1 fully saturated rings. The van der Waals surface area contributed by atoms with Crippen LogP contribution < -0.4 is 5.32 Å². The van der Waals surface area contributed by atoms with Gasteiger partial charge >= 0.3 is 12.0 Å². The summed E-state index contributed by atoms with van der Waals surface area (Å²) in [6.07, 6.45) is 0.995. The summed E-state index contributed by atoms with van der Waals surface area (Å²) in [4.78, 5) is 24.1. The summed E-state index contributed by atoms with van der Waals surface area (Å²) in [5.74, 6) is -6.09. The Hall–Kier alpha value is -2.25. The summed E-state index contributed by atoms with van der Waals surface area (Å²) in [5.41, 5.74) is -0.228. The molecule has 1 saturated heterocycles. The minimum atomic E-state index is -1.61. The monoisotopic (exact) mass is 302 g/mol. The number of hydrogen-bond acceptors (Lipinski definition) is 2. The second-order valence-corrected chi connectivity index (χ2v) is 4.81. The molecule has 2 N–H and O–H groups in total. The average molecular weight is 302 g/mol. The van der Waals surface area contributed by atoms with E-state index in [1.165, 1.54) is 4.90 Å². The fourth-order valence-electron chi connectivity index (χ4n) is 2.19. The van der Waals surface area contributed by atoms with Crippen LogP contribution in [0.4, 0.5) is 23.7 Å². The van der Waals surface area contributed by atoms with E-state index in [9.17, 15) is 22.8 Å². The van der Waals surface area contributed by atoms with E-state index < -0.39 is 35.4 Å². The summed E-state index contributed by atoms with van der Waals surface area (Å²) in [6.45, 7) is 0.370. The molecule has 0 radical (unpaired) electrons. The number of nitrogens with one attached hydrogen (secondary N) is 1. The van der Waals surface area contributed by atoms with Gasteiger partial charge in [-0.05, 0) is 12.8 Å². The van der Waals surface area contributed by atoms with Crippen LogP contribution in [0, 0.1) is 23.4 Å². The first-order chi connectivity index (χ1) is 9.88. The quantitative estimate of drug-likeness (QED) is 0.824. The van der Waals surface area contributed by atoms with Gasteiger partial charge in [0.1, 0.15) is 0 Å². The van der Waals surface area contributed by atoms with E-state index >= 15 is 0 Å². The third kappa shape index (κ3) is 3.45. The highest BCUT2D eigenvalue weighted by Gasteiger charge is 2.28. The van der Waals surface area contributed by atoms with Gasteiger partial charge in [0.15, 0.2) is 17.5 Å². The molecule has 1 aliphatic heterocycles. The highest BCUT2D eigenvalue weighted by molar-refractivity contribution is 5.89. The summed E-state index contributed by atoms with van der Waals surface area (Å²) in [5, 5.41) is 11.2. The second kappa shape index (κ2) is 6.02. The molecule has 0 saturated carbocycles. The Morgan fingerprint density at radius 2 is 1.86 bits per heavy atom. The zero-order valence-corrected chi connectivity index (χ0v) is 10.9. The smallest absolute Gasteiger partial charge is 0.321 e. The van der Waals surface area contributed by atoms with E-state index in [-0.39, 0.29) is 12.2 Å². The van der Waals surface area contributed by atoms with Crippen LogP contribution in [0.5, 0.6) is 0 Å². The van der Waals surface area contributed by atoms with Crippen molar-refractivity contribution in [3.05, 3.63) is 29.6 Å². The molecule has 0 bridgehead atoms. The van der Waals surface area contributed by atoms with E-state index in [2.05, 4.69) is 5.32 Å². The second-order valence-electron chi connectivity index (χ2n) is 4.81. The number of carbonyl (C=O) groups excluding carboxylic acids is 1. The Morgan fingerprint density at radius 1 is 1.24 bits per heavy atom. The first-order valence-corrected chi connectivity index (χ1v) is 6.31. The van der Waals surface area contributed by atoms with Gasteiger partial charge in [-0.25, -0.2) is 18.0 Å². The normalized spacial score (nSPS) is 18.4. The van der Waals surface area contributed by atoms with Crippen molar-refractivity contribution in [2.45, 2.75) is 12.8 Å². The van der Waals surface area contributed by atoms with Gasteiger partial charge in [0, 0.05) is 30.9 Å². The maximum absolute atomic E-state index is 13.0. The lowest BCUT2D eigenvalue weighted by Crippen LogP contribution is -2.44. The number of anilines is 1. The van der Waals surface area contributed by atoms with E-state index in [4.69, 9.17) is 5.11 Å². The van der Waals surface area contributed by atoms with Gasteiger partial charge in [0.25, 0.3) is 0 Å². The van der Waals surface area contributed by atoms with Gasteiger partial charge in [-0.2, -0.15) is 0 Å². The maximum atomic E-state index is 13.0. The van der Waals surface area contributed by atoms with Gasteiger partial charge in [-0.15, -0.1) is 0 Å². The predicted octanol–water partition coefficient (Wildman–Crippen LogP) is 2.43. The van der Waals surface area contributed by atoms with Crippen molar-refractivity contribution < 1.29 is 27.9 Å². The van der Waals surface area contributed by atoms with E-state index in [1.807, 2.05) is 0 Å². The topological polar surface area (TPSA) is 69.6 Å². The molecule has 2 amide bonds. The van der Waals surface area contributed by atoms with Crippen LogP contribution in [0.2, 0.25) is 0 Å². The molecule has 2 rings (SSSR count). The molecule has 5 nitrogen and oxygen atoms in total. The number of nitrogens with zero attached hydrogens (tertiary/aromatic N) is 1. The summed E-state index contributed by atoms with van der Waals surface area (Å²) >= 11 is 0. The van der Waals surface area contributed by atoms with Crippen LogP contribution in [0.3, 0.4) is 0 Å². The number of carbonyl (C=O) groups is 2. The Bertz CT molecular complexity index is 557. The molecule has 114 valence electrons. The van der Waals surface area contributed by atoms with Crippen molar-refractivity contribution in [3.8, 4) is 0 Å². The van der Waals surface area contributed by atoms with Crippen LogP contribution in [0.25, 0.3) is 0 Å². The number of rotatable bonds is 2. The van der Waals surface area contributed by atoms with Crippen LogP contribution in [-0.2, 0) is 4.79 Å². The number of likely N-dealkylation sites (tertiary alicyclic amines) is 1. The molecule has 1 aliphatic rings. The number of halogens is 3. The largest absolute Gasteiger partial charge is 0.481 e. The highest BCUT2D eigenvalue weighted by Crippen LogP contribution is 2.20. The lowest BCUT2D eigenvalue weighted by atomic mass is 9.99. The Morgan fingerprint density at radius 3 is 2.43 bits per heavy atom. The van der Waals surface area contributed by atoms with Crippen molar-refractivity contribution in [2.75, 3.05) is 18.4 Å². The highest BCUT2D eigenvalue weighted by atomic mass is 19.2. The van der Waals surface area contributed by atoms with Crippen molar-refractivity contribution in [3.63, 3.8) is 0 Å². The molecule has 8 heteroatoms. The van der Waals surface area contributed by atoms with E-state index in [1.54, 1.807) is 0 Å². The first-order valence-electron chi connectivity index (χ1n) is 6.31. The molecular formula is C13H13F3N2O3. The molecule has 1 heterocycles. The summed E-state index contributed by atoms with van der Waals surface area (Å²) in [7, 11) is 0. The van der Waals surface area contributed by atoms with E-state index in [0.29, 0.717) is 31.5 Å². The van der Waals surface area contributed by atoms with Gasteiger partial charge < -0.3 is 15.3 Å². The molecule has 1 aromatic carbocycles. The average Bonchev–Trinajstić information content (AvgIpc) is 2.44. The SMILES string of the molecule is O=C(O)[C@@H]1CCCN(C(=O)Nc2cc(F)c(F)c(F)c2)C1. The number of carboxylic acid groups (broad SMARTS) is 1. The molecule has 0 aliphatic carbocycles. The number of hydrogen-bond donors (Lipinski definition) is 2. The minimum Gasteiger partial charge on any atom is -0.481 e. The summed E-state index contributed by atoms with van der Waals surface area (Å²) < 4.78 is 38.9. The maximum Gasteiger partial charge on any atom is 0.321 e. The number of benzene rings is 1.